The van der Waals surface area contributed by atoms with E-state index in [1.54, 1.807) is 0 Å². The first-order valence-electron chi connectivity index (χ1n) is 3.54. The average Bonchev–Trinajstić information content (AvgIpc) is 2.14. The van der Waals surface area contributed by atoms with Gasteiger partial charge in [-0.15, -0.1) is 10.2 Å². The Morgan fingerprint density at radius 1 is 1.13 bits per heavy atom. The Hall–Kier alpha value is -0.710. The van der Waals surface area contributed by atoms with E-state index in [2.05, 4.69) is 5.63 Å². The molecule has 0 amide bonds. The van der Waals surface area contributed by atoms with Gasteiger partial charge in [-0.1, -0.05) is 0 Å². The molecule has 0 bridgehead atoms. The van der Waals surface area contributed by atoms with Crippen molar-refractivity contribution in [3.8, 4) is 5.63 Å². The van der Waals surface area contributed by atoms with Crippen molar-refractivity contribution in [2.75, 3.05) is 0 Å². The van der Waals surface area contributed by atoms with Gasteiger partial charge in [0.1, 0.15) is 0 Å². The summed E-state index contributed by atoms with van der Waals surface area (Å²) in [4.78, 5) is 0. The van der Waals surface area contributed by atoms with Gasteiger partial charge in [-0.3, -0.25) is 0 Å². The van der Waals surface area contributed by atoms with Crippen molar-refractivity contribution >= 4 is 7.92 Å². The first-order chi connectivity index (χ1) is 6.93. The Morgan fingerprint density at radius 2 is 1.60 bits per heavy atom. The Balaban J connectivity index is 0.000000336. The van der Waals surface area contributed by atoms with Crippen LogP contribution < -0.4 is 23.2 Å². The zero-order valence-electron chi connectivity index (χ0n) is 7.41. The van der Waals surface area contributed by atoms with Crippen LogP contribution >= 0.6 is 7.92 Å². The third-order valence-electron chi connectivity index (χ3n) is 1.10. The largest absolute Gasteiger partial charge is 0.222 e. The molecule has 0 unspecified atom stereocenters. The van der Waals surface area contributed by atoms with Gasteiger partial charge in [0.2, 0.25) is 0 Å². The SMILES string of the molecule is O=P#CC[n+]1ccccc1.[O-][Cl+3]([O-])([O-])[O-]. The van der Waals surface area contributed by atoms with Crippen LogP contribution in [-0.2, 0) is 11.1 Å². The van der Waals surface area contributed by atoms with E-state index in [9.17, 15) is 4.57 Å². The maximum absolute atomic E-state index is 9.95. The molecular weight excluding hydrogens is 245 g/mol. The monoisotopic (exact) mass is 251 g/mol. The molecule has 0 aliphatic rings. The molecule has 1 rings (SSSR count). The van der Waals surface area contributed by atoms with Crippen molar-refractivity contribution in [2.24, 2.45) is 0 Å². The minimum absolute atomic E-state index is 0.0309. The van der Waals surface area contributed by atoms with Crippen molar-refractivity contribution in [1.82, 2.24) is 0 Å². The molecular formula is C7H7ClNO5P. The summed E-state index contributed by atoms with van der Waals surface area (Å²) >= 11 is 0. The van der Waals surface area contributed by atoms with E-state index in [0.717, 1.165) is 0 Å². The van der Waals surface area contributed by atoms with Crippen LogP contribution in [0.3, 0.4) is 0 Å². The molecule has 0 radical (unpaired) electrons. The van der Waals surface area contributed by atoms with Crippen LogP contribution in [0.5, 0.6) is 0 Å². The molecule has 6 nitrogen and oxygen atoms in total. The molecule has 0 saturated heterocycles. The Labute approximate surface area is 89.3 Å². The van der Waals surface area contributed by atoms with E-state index in [1.165, 1.54) is 0 Å². The van der Waals surface area contributed by atoms with E-state index >= 15 is 0 Å². The molecule has 0 aromatic carbocycles. The van der Waals surface area contributed by atoms with Crippen molar-refractivity contribution < 1.29 is 38.0 Å². The molecule has 8 heteroatoms. The van der Waals surface area contributed by atoms with Gasteiger partial charge in [-0.05, 0) is 0 Å². The van der Waals surface area contributed by atoms with Crippen LogP contribution in [-0.4, -0.2) is 0 Å². The normalized spacial score (nSPS) is 9.60. The third-order valence-corrected chi connectivity index (χ3v) is 1.37. The van der Waals surface area contributed by atoms with Gasteiger partial charge in [0.05, 0.1) is 0 Å². The third kappa shape index (κ3) is 13.3. The maximum Gasteiger partial charge on any atom is -0.112 e. The molecule has 82 valence electrons. The fourth-order valence-corrected chi connectivity index (χ4v) is 0.871. The van der Waals surface area contributed by atoms with Gasteiger partial charge < -0.3 is 0 Å². The predicted octanol–water partition coefficient (Wildman–Crippen LogP) is -3.53. The van der Waals surface area contributed by atoms with Gasteiger partial charge in [0.25, 0.3) is 0 Å². The first kappa shape index (κ1) is 14.3. The van der Waals surface area contributed by atoms with Crippen molar-refractivity contribution in [3.63, 3.8) is 0 Å². The van der Waals surface area contributed by atoms with Crippen LogP contribution in [0.2, 0.25) is 0 Å². The predicted molar refractivity (Wildman–Crippen MR) is 38.1 cm³/mol. The summed E-state index contributed by atoms with van der Waals surface area (Å²) in [6.07, 6.45) is 3.80. The zero-order valence-corrected chi connectivity index (χ0v) is 9.06. The van der Waals surface area contributed by atoms with E-state index in [-0.39, 0.29) is 7.92 Å². The Morgan fingerprint density at radius 3 is 2.00 bits per heavy atom. The second-order valence-corrected chi connectivity index (χ2v) is 3.43. The van der Waals surface area contributed by atoms with E-state index in [1.807, 2.05) is 35.2 Å². The fraction of sp³-hybridized carbons (Fsp3) is 0.143. The van der Waals surface area contributed by atoms with Crippen molar-refractivity contribution in [1.29, 1.82) is 0 Å². The molecule has 0 saturated carbocycles. The minimum Gasteiger partial charge on any atom is -0.222 e. The molecule has 0 spiro atoms. The summed E-state index contributed by atoms with van der Waals surface area (Å²) in [6.45, 7) is 0.575. The van der Waals surface area contributed by atoms with Gasteiger partial charge in [-0.2, -0.15) is 0 Å². The molecule has 0 fully saturated rings. The van der Waals surface area contributed by atoms with Crippen LogP contribution in [0.4, 0.5) is 0 Å². The zero-order chi connectivity index (χ0) is 11.7. The number of halogens is 1. The molecule has 0 atom stereocenters. The second kappa shape index (κ2) is 7.56. The quantitative estimate of drug-likeness (QED) is 0.379. The topological polar surface area (TPSA) is 113 Å². The van der Waals surface area contributed by atoms with Gasteiger partial charge in [-0.25, -0.2) is 18.6 Å². The number of hydrogen-bond acceptors (Lipinski definition) is 5. The van der Waals surface area contributed by atoms with E-state index in [4.69, 9.17) is 18.6 Å². The smallest absolute Gasteiger partial charge is 0.112 e. The number of hydrogen-bond donors (Lipinski definition) is 0. The molecule has 0 aliphatic heterocycles. The summed E-state index contributed by atoms with van der Waals surface area (Å²) in [6, 6.07) is 5.78. The Kier molecular flexibility index (Phi) is 7.21. The fourth-order valence-electron chi connectivity index (χ4n) is 0.650. The summed E-state index contributed by atoms with van der Waals surface area (Å²) in [5, 5.41) is 0. The van der Waals surface area contributed by atoms with Crippen molar-refractivity contribution in [3.05, 3.63) is 30.6 Å². The molecule has 1 aromatic heterocycles. The number of nitrogens with zero attached hydrogens (tertiary/aromatic N) is 1. The van der Waals surface area contributed by atoms with Gasteiger partial charge >= 0.3 is 59.8 Å². The summed E-state index contributed by atoms with van der Waals surface area (Å²) in [5.74, 6) is 0. The van der Waals surface area contributed by atoms with Crippen LogP contribution in [0, 0.1) is 15.9 Å². The van der Waals surface area contributed by atoms with Gasteiger partial charge in [0.15, 0.2) is 0 Å². The average molecular weight is 252 g/mol. The number of rotatable bonds is 1. The summed E-state index contributed by atoms with van der Waals surface area (Å²) < 4.78 is 45.8. The molecule has 1 aromatic rings. The Bertz CT molecular complexity index is 367. The first-order valence-corrected chi connectivity index (χ1v) is 5.59. The molecule has 1 heterocycles. The minimum atomic E-state index is -4.94. The number of pyridine rings is 1. The van der Waals surface area contributed by atoms with Crippen molar-refractivity contribution in [2.45, 2.75) is 6.54 Å². The second-order valence-electron chi connectivity index (χ2n) is 2.18. The van der Waals surface area contributed by atoms with Crippen LogP contribution in [0.25, 0.3) is 0 Å². The van der Waals surface area contributed by atoms with Crippen LogP contribution in [0.15, 0.2) is 30.6 Å². The molecule has 0 N–H and O–H groups in total. The molecule has 0 aliphatic carbocycles. The van der Waals surface area contributed by atoms with Crippen LogP contribution in [0.1, 0.15) is 0 Å². The molecule has 15 heavy (non-hydrogen) atoms. The standard InChI is InChI=1S/C7H7NOP.ClHO4/c9-10-7-6-8-4-2-1-3-5-8;2-1(3,4)5/h1-5H,6H2;(H,2,3,4,5)/q+1;/p-1. The summed E-state index contributed by atoms with van der Waals surface area (Å²) in [7, 11) is -4.98. The van der Waals surface area contributed by atoms with E-state index < -0.39 is 10.2 Å². The summed E-state index contributed by atoms with van der Waals surface area (Å²) in [5.41, 5.74) is 2.64. The number of aromatic nitrogens is 1. The van der Waals surface area contributed by atoms with Gasteiger partial charge in [0, 0.05) is 0 Å². The maximum atomic E-state index is 9.95. The van der Waals surface area contributed by atoms with E-state index in [0.29, 0.717) is 6.54 Å².